The quantitative estimate of drug-likeness (QED) is 0.710. The lowest BCUT2D eigenvalue weighted by Crippen LogP contribution is -2.49. The molecule has 0 bridgehead atoms. The molecule has 7 nitrogen and oxygen atoms in total. The molecule has 9 heteroatoms. The van der Waals surface area contributed by atoms with Crippen molar-refractivity contribution in [2.45, 2.75) is 61.7 Å². The molecule has 3 N–H and O–H groups in total. The molecule has 1 atom stereocenters. The van der Waals surface area contributed by atoms with Crippen molar-refractivity contribution in [2.24, 2.45) is 0 Å². The highest BCUT2D eigenvalue weighted by Crippen LogP contribution is 2.31. The van der Waals surface area contributed by atoms with Crippen LogP contribution in [0, 0.1) is 0 Å². The van der Waals surface area contributed by atoms with Crippen molar-refractivity contribution < 1.29 is 9.59 Å². The van der Waals surface area contributed by atoms with Crippen LogP contribution in [0.25, 0.3) is 0 Å². The Kier molecular flexibility index (Phi) is 5.28. The van der Waals surface area contributed by atoms with E-state index in [2.05, 4.69) is 26.1 Å². The van der Waals surface area contributed by atoms with Crippen LogP contribution in [0.1, 0.15) is 40.5 Å². The van der Waals surface area contributed by atoms with Gasteiger partial charge in [-0.25, -0.2) is 4.79 Å². The maximum absolute atomic E-state index is 12.0. The second-order valence-corrected chi connectivity index (χ2v) is 8.81. The number of aromatic nitrogens is 2. The van der Waals surface area contributed by atoms with Crippen LogP contribution in [0.5, 0.6) is 0 Å². The summed E-state index contributed by atoms with van der Waals surface area (Å²) in [4.78, 5) is 23.7. The molecule has 0 aromatic carbocycles. The number of hydrogen-bond donors (Lipinski definition) is 3. The number of hydrogen-bond acceptors (Lipinski definition) is 7. The molecule has 0 unspecified atom stereocenters. The number of rotatable bonds is 5. The third kappa shape index (κ3) is 5.80. The Morgan fingerprint density at radius 1 is 1.32 bits per heavy atom. The number of carbonyl (C=O) groups is 2. The van der Waals surface area contributed by atoms with Crippen LogP contribution in [0.3, 0.4) is 0 Å². The summed E-state index contributed by atoms with van der Waals surface area (Å²) in [6.07, 6.45) is 2.34. The molecule has 1 fully saturated rings. The molecule has 1 aromatic rings. The Labute approximate surface area is 138 Å². The van der Waals surface area contributed by atoms with Gasteiger partial charge in [0.15, 0.2) is 4.34 Å². The van der Waals surface area contributed by atoms with Crippen LogP contribution in [-0.4, -0.2) is 39.0 Å². The molecular formula is C13H21N5O2S2. The lowest BCUT2D eigenvalue weighted by atomic mass is 10.1. The van der Waals surface area contributed by atoms with Gasteiger partial charge in [-0.05, 0) is 40.5 Å². The van der Waals surface area contributed by atoms with E-state index in [0.717, 1.165) is 5.13 Å². The standard InChI is InChI=1S/C13H21N5O2S2/c1-7(9(19)15-10(20)16-13(2,3)4)21-12-18-17-11(22-12)14-8-5-6-8/h7-8H,5-6H2,1-4H3,(H,14,17)(H2,15,16,19,20)/t7-/m0/s1. The van der Waals surface area contributed by atoms with Gasteiger partial charge in [-0.15, -0.1) is 10.2 Å². The second-order valence-electron chi connectivity index (χ2n) is 6.25. The Balaban J connectivity index is 1.80. The zero-order valence-corrected chi connectivity index (χ0v) is 14.7. The van der Waals surface area contributed by atoms with E-state index in [0.29, 0.717) is 10.4 Å². The van der Waals surface area contributed by atoms with Gasteiger partial charge in [-0.2, -0.15) is 0 Å². The molecule has 0 aliphatic heterocycles. The van der Waals surface area contributed by atoms with E-state index >= 15 is 0 Å². The molecule has 3 amide bonds. The van der Waals surface area contributed by atoms with E-state index in [1.54, 1.807) is 6.92 Å². The number of thioether (sulfide) groups is 1. The average molecular weight is 343 g/mol. The van der Waals surface area contributed by atoms with Gasteiger partial charge in [0.2, 0.25) is 11.0 Å². The first kappa shape index (κ1) is 17.0. The molecule has 2 rings (SSSR count). The minimum Gasteiger partial charge on any atom is -0.357 e. The van der Waals surface area contributed by atoms with Gasteiger partial charge in [-0.1, -0.05) is 23.1 Å². The summed E-state index contributed by atoms with van der Waals surface area (Å²) in [6, 6.07) is 0.0333. The van der Waals surface area contributed by atoms with Gasteiger partial charge >= 0.3 is 6.03 Å². The minimum atomic E-state index is -0.488. The summed E-state index contributed by atoms with van der Waals surface area (Å²) in [5, 5.41) is 16.7. The Bertz CT molecular complexity index is 551. The van der Waals surface area contributed by atoms with Crippen molar-refractivity contribution in [2.75, 3.05) is 5.32 Å². The first-order valence-corrected chi connectivity index (χ1v) is 8.82. The minimum absolute atomic E-state index is 0.348. The molecule has 0 spiro atoms. The number of nitrogens with one attached hydrogen (secondary N) is 3. The van der Waals surface area contributed by atoms with Crippen LogP contribution in [-0.2, 0) is 4.79 Å². The number of urea groups is 1. The first-order valence-electron chi connectivity index (χ1n) is 7.12. The van der Waals surface area contributed by atoms with Gasteiger partial charge in [-0.3, -0.25) is 10.1 Å². The smallest absolute Gasteiger partial charge is 0.321 e. The number of imide groups is 1. The third-order valence-electron chi connectivity index (χ3n) is 2.68. The van der Waals surface area contributed by atoms with Crippen LogP contribution in [0.2, 0.25) is 0 Å². The van der Waals surface area contributed by atoms with E-state index in [9.17, 15) is 9.59 Å². The zero-order valence-electron chi connectivity index (χ0n) is 13.1. The van der Waals surface area contributed by atoms with Gasteiger partial charge in [0, 0.05) is 11.6 Å². The van der Waals surface area contributed by atoms with Gasteiger partial charge < -0.3 is 10.6 Å². The number of carbonyl (C=O) groups excluding carboxylic acids is 2. The topological polar surface area (TPSA) is 96.0 Å². The van der Waals surface area contributed by atoms with E-state index in [-0.39, 0.29) is 11.4 Å². The van der Waals surface area contributed by atoms with Crippen molar-refractivity contribution in [1.82, 2.24) is 20.8 Å². The van der Waals surface area contributed by atoms with Crippen LogP contribution < -0.4 is 16.0 Å². The van der Waals surface area contributed by atoms with E-state index < -0.39 is 11.3 Å². The number of anilines is 1. The first-order chi connectivity index (χ1) is 10.2. The number of nitrogens with zero attached hydrogens (tertiary/aromatic N) is 2. The molecule has 1 saturated carbocycles. The normalized spacial score (nSPS) is 16.0. The summed E-state index contributed by atoms with van der Waals surface area (Å²) < 4.78 is 0.710. The Morgan fingerprint density at radius 2 is 2.00 bits per heavy atom. The highest BCUT2D eigenvalue weighted by molar-refractivity contribution is 8.02. The molecule has 1 heterocycles. The van der Waals surface area contributed by atoms with Crippen LogP contribution >= 0.6 is 23.1 Å². The number of amides is 3. The third-order valence-corrected chi connectivity index (χ3v) is 4.72. The second kappa shape index (κ2) is 6.82. The predicted octanol–water partition coefficient (Wildman–Crippen LogP) is 2.22. The maximum Gasteiger partial charge on any atom is 0.321 e. The summed E-state index contributed by atoms with van der Waals surface area (Å²) >= 11 is 2.72. The fourth-order valence-electron chi connectivity index (χ4n) is 1.51. The van der Waals surface area contributed by atoms with Crippen molar-refractivity contribution in [3.8, 4) is 0 Å². The van der Waals surface area contributed by atoms with E-state index in [1.807, 2.05) is 20.8 Å². The highest BCUT2D eigenvalue weighted by Gasteiger charge is 2.24. The van der Waals surface area contributed by atoms with Crippen molar-refractivity contribution in [3.63, 3.8) is 0 Å². The Morgan fingerprint density at radius 3 is 2.59 bits per heavy atom. The lowest BCUT2D eigenvalue weighted by Gasteiger charge is -2.20. The highest BCUT2D eigenvalue weighted by atomic mass is 32.2. The molecule has 1 aliphatic carbocycles. The Hall–Kier alpha value is -1.35. The van der Waals surface area contributed by atoms with Crippen molar-refractivity contribution in [3.05, 3.63) is 0 Å². The molecule has 1 aromatic heterocycles. The summed E-state index contributed by atoms with van der Waals surface area (Å²) in [6.45, 7) is 7.29. The molecule has 122 valence electrons. The van der Waals surface area contributed by atoms with E-state index in [4.69, 9.17) is 0 Å². The summed E-state index contributed by atoms with van der Waals surface area (Å²) in [5.41, 5.74) is -0.386. The lowest BCUT2D eigenvalue weighted by molar-refractivity contribution is -0.119. The van der Waals surface area contributed by atoms with Crippen molar-refractivity contribution in [1.29, 1.82) is 0 Å². The van der Waals surface area contributed by atoms with Crippen LogP contribution in [0.15, 0.2) is 4.34 Å². The zero-order chi connectivity index (χ0) is 16.3. The fourth-order valence-corrected chi connectivity index (χ4v) is 3.48. The molecule has 22 heavy (non-hydrogen) atoms. The predicted molar refractivity (Wildman–Crippen MR) is 88.3 cm³/mol. The van der Waals surface area contributed by atoms with Gasteiger partial charge in [0.05, 0.1) is 5.25 Å². The van der Waals surface area contributed by atoms with Gasteiger partial charge in [0.25, 0.3) is 0 Å². The SMILES string of the molecule is C[C@H](Sc1nnc(NC2CC2)s1)C(=O)NC(=O)NC(C)(C)C. The fraction of sp³-hybridized carbons (Fsp3) is 0.692. The van der Waals surface area contributed by atoms with Crippen LogP contribution in [0.4, 0.5) is 9.93 Å². The molecular weight excluding hydrogens is 322 g/mol. The van der Waals surface area contributed by atoms with Crippen molar-refractivity contribution >= 4 is 40.2 Å². The monoisotopic (exact) mass is 343 g/mol. The van der Waals surface area contributed by atoms with Gasteiger partial charge in [0.1, 0.15) is 0 Å². The summed E-state index contributed by atoms with van der Waals surface area (Å²) in [5.74, 6) is -0.348. The molecule has 0 radical (unpaired) electrons. The molecule has 0 saturated heterocycles. The maximum atomic E-state index is 12.0. The summed E-state index contributed by atoms with van der Waals surface area (Å²) in [7, 11) is 0. The average Bonchev–Trinajstić information content (AvgIpc) is 3.06. The largest absolute Gasteiger partial charge is 0.357 e. The van der Waals surface area contributed by atoms with E-state index in [1.165, 1.54) is 35.9 Å². The molecule has 1 aliphatic rings.